The van der Waals surface area contributed by atoms with E-state index in [4.69, 9.17) is 4.74 Å². The van der Waals surface area contributed by atoms with Crippen molar-refractivity contribution in [3.05, 3.63) is 84.7 Å². The molecule has 0 unspecified atom stereocenters. The fraction of sp³-hybridized carbons (Fsp3) is 0.0833. The van der Waals surface area contributed by atoms with Crippen molar-refractivity contribution >= 4 is 34.1 Å². The zero-order valence-electron chi connectivity index (χ0n) is 16.8. The van der Waals surface area contributed by atoms with Crippen LogP contribution in [0, 0.1) is 0 Å². The number of carbonyl (C=O) groups is 2. The normalized spacial score (nSPS) is 10.5. The average Bonchev–Trinajstić information content (AvgIpc) is 2.75. The van der Waals surface area contributed by atoms with Gasteiger partial charge in [0.2, 0.25) is 17.7 Å². The summed E-state index contributed by atoms with van der Waals surface area (Å²) in [6.45, 7) is 1.40. The van der Waals surface area contributed by atoms with Crippen molar-refractivity contribution in [1.29, 1.82) is 0 Å². The first-order valence-corrected chi connectivity index (χ1v) is 9.70. The number of nitrogens with one attached hydrogen (secondary N) is 2. The van der Waals surface area contributed by atoms with Gasteiger partial charge in [0.15, 0.2) is 0 Å². The molecule has 0 saturated heterocycles. The van der Waals surface area contributed by atoms with Gasteiger partial charge in [0.25, 0.3) is 0 Å². The highest BCUT2D eigenvalue weighted by Crippen LogP contribution is 2.23. The average molecular weight is 412 g/mol. The molecule has 0 saturated carbocycles. The molecule has 4 aromatic rings. The molecule has 0 fully saturated rings. The molecule has 0 spiro atoms. The SMILES string of the molecule is CC(=O)Nc1cc(Oc2ccc(NC(=O)Cc3ccc4ccccc4c3)cc2)ncn1. The predicted octanol–water partition coefficient (Wildman–Crippen LogP) is 4.56. The first-order valence-electron chi connectivity index (χ1n) is 9.70. The molecule has 0 bridgehead atoms. The number of fused-ring (bicyclic) bond motifs is 1. The second-order valence-electron chi connectivity index (χ2n) is 6.96. The van der Waals surface area contributed by atoms with Gasteiger partial charge in [0.1, 0.15) is 17.9 Å². The number of aromatic nitrogens is 2. The fourth-order valence-corrected chi connectivity index (χ4v) is 3.11. The molecule has 154 valence electrons. The van der Waals surface area contributed by atoms with Gasteiger partial charge in [-0.2, -0.15) is 0 Å². The summed E-state index contributed by atoms with van der Waals surface area (Å²) in [7, 11) is 0. The van der Waals surface area contributed by atoms with Crippen LogP contribution < -0.4 is 15.4 Å². The lowest BCUT2D eigenvalue weighted by atomic mass is 10.0. The lowest BCUT2D eigenvalue weighted by Gasteiger charge is -2.09. The Bertz CT molecular complexity index is 1240. The standard InChI is InChI=1S/C24H20N4O3/c1-16(29)27-22-14-24(26-15-25-22)31-21-10-8-20(9-11-21)28-23(30)13-17-6-7-18-4-2-3-5-19(18)12-17/h2-12,14-15H,13H2,1H3,(H,28,30)(H,25,26,27,29). The number of benzene rings is 3. The van der Waals surface area contributed by atoms with Crippen LogP contribution in [0.2, 0.25) is 0 Å². The molecule has 0 aliphatic rings. The van der Waals surface area contributed by atoms with Gasteiger partial charge in [-0.05, 0) is 40.6 Å². The van der Waals surface area contributed by atoms with E-state index in [0.29, 0.717) is 23.1 Å². The van der Waals surface area contributed by atoms with Crippen LogP contribution in [-0.2, 0) is 16.0 Å². The molecule has 0 aliphatic carbocycles. The Morgan fingerprint density at radius 1 is 0.871 bits per heavy atom. The van der Waals surface area contributed by atoms with Crippen molar-refractivity contribution in [2.45, 2.75) is 13.3 Å². The Morgan fingerprint density at radius 2 is 1.65 bits per heavy atom. The number of hydrogen-bond donors (Lipinski definition) is 2. The molecular weight excluding hydrogens is 392 g/mol. The van der Waals surface area contributed by atoms with Gasteiger partial charge in [-0.1, -0.05) is 42.5 Å². The predicted molar refractivity (Wildman–Crippen MR) is 119 cm³/mol. The highest BCUT2D eigenvalue weighted by Gasteiger charge is 2.07. The smallest absolute Gasteiger partial charge is 0.228 e. The van der Waals surface area contributed by atoms with E-state index in [1.807, 2.05) is 42.5 Å². The molecule has 0 aliphatic heterocycles. The summed E-state index contributed by atoms with van der Waals surface area (Å²) in [5, 5.41) is 7.73. The number of rotatable bonds is 6. The number of ether oxygens (including phenoxy) is 1. The summed E-state index contributed by atoms with van der Waals surface area (Å²) in [4.78, 5) is 31.5. The third-order valence-electron chi connectivity index (χ3n) is 4.49. The number of anilines is 2. The van der Waals surface area contributed by atoms with Crippen LogP contribution in [-0.4, -0.2) is 21.8 Å². The zero-order chi connectivity index (χ0) is 21.6. The molecule has 0 atom stereocenters. The van der Waals surface area contributed by atoms with Crippen LogP contribution in [0.15, 0.2) is 79.1 Å². The van der Waals surface area contributed by atoms with E-state index in [9.17, 15) is 9.59 Å². The van der Waals surface area contributed by atoms with Crippen LogP contribution in [0.5, 0.6) is 11.6 Å². The van der Waals surface area contributed by atoms with Gasteiger partial charge in [0, 0.05) is 18.7 Å². The van der Waals surface area contributed by atoms with Crippen molar-refractivity contribution < 1.29 is 14.3 Å². The molecular formula is C24H20N4O3. The minimum atomic E-state index is -0.228. The summed E-state index contributed by atoms with van der Waals surface area (Å²) < 4.78 is 5.68. The highest BCUT2D eigenvalue weighted by molar-refractivity contribution is 5.93. The van der Waals surface area contributed by atoms with E-state index in [0.717, 1.165) is 16.3 Å². The highest BCUT2D eigenvalue weighted by atomic mass is 16.5. The zero-order valence-corrected chi connectivity index (χ0v) is 16.8. The Morgan fingerprint density at radius 3 is 2.42 bits per heavy atom. The van der Waals surface area contributed by atoms with E-state index < -0.39 is 0 Å². The summed E-state index contributed by atoms with van der Waals surface area (Å²) >= 11 is 0. The number of nitrogens with zero attached hydrogens (tertiary/aromatic N) is 2. The number of amides is 2. The van der Waals surface area contributed by atoms with Crippen LogP contribution >= 0.6 is 0 Å². The Balaban J connectivity index is 1.36. The second kappa shape index (κ2) is 9.04. The van der Waals surface area contributed by atoms with Crippen LogP contribution in [0.4, 0.5) is 11.5 Å². The molecule has 1 aromatic heterocycles. The third-order valence-corrected chi connectivity index (χ3v) is 4.49. The molecule has 3 aromatic carbocycles. The maximum atomic E-state index is 12.4. The molecule has 2 N–H and O–H groups in total. The fourth-order valence-electron chi connectivity index (χ4n) is 3.11. The maximum Gasteiger partial charge on any atom is 0.228 e. The Kier molecular flexibility index (Phi) is 5.84. The largest absolute Gasteiger partial charge is 0.439 e. The van der Waals surface area contributed by atoms with E-state index in [2.05, 4.69) is 20.6 Å². The van der Waals surface area contributed by atoms with Gasteiger partial charge in [0.05, 0.1) is 6.42 Å². The van der Waals surface area contributed by atoms with Gasteiger partial charge >= 0.3 is 0 Å². The van der Waals surface area contributed by atoms with Crippen molar-refractivity contribution in [1.82, 2.24) is 9.97 Å². The Hall–Kier alpha value is -4.26. The van der Waals surface area contributed by atoms with Gasteiger partial charge in [-0.25, -0.2) is 9.97 Å². The molecule has 7 nitrogen and oxygen atoms in total. The van der Waals surface area contributed by atoms with Gasteiger partial charge in [-0.15, -0.1) is 0 Å². The molecule has 4 rings (SSSR count). The van der Waals surface area contributed by atoms with Crippen LogP contribution in [0.3, 0.4) is 0 Å². The van der Waals surface area contributed by atoms with Gasteiger partial charge < -0.3 is 15.4 Å². The lowest BCUT2D eigenvalue weighted by molar-refractivity contribution is -0.116. The van der Waals surface area contributed by atoms with Crippen LogP contribution in [0.25, 0.3) is 10.8 Å². The van der Waals surface area contributed by atoms with Crippen molar-refractivity contribution in [2.75, 3.05) is 10.6 Å². The quantitative estimate of drug-likeness (QED) is 0.484. The molecule has 2 amide bonds. The minimum Gasteiger partial charge on any atom is -0.439 e. The van der Waals surface area contributed by atoms with E-state index in [1.54, 1.807) is 24.3 Å². The maximum absolute atomic E-state index is 12.4. The van der Waals surface area contributed by atoms with Crippen LogP contribution in [0.1, 0.15) is 12.5 Å². The second-order valence-corrected chi connectivity index (χ2v) is 6.96. The van der Waals surface area contributed by atoms with Gasteiger partial charge in [-0.3, -0.25) is 9.59 Å². The summed E-state index contributed by atoms with van der Waals surface area (Å²) in [6, 6.07) is 22.6. The van der Waals surface area contributed by atoms with E-state index >= 15 is 0 Å². The van der Waals surface area contributed by atoms with Crippen molar-refractivity contribution in [3.8, 4) is 11.6 Å². The lowest BCUT2D eigenvalue weighted by Crippen LogP contribution is -2.14. The third kappa shape index (κ3) is 5.42. The molecule has 1 heterocycles. The number of hydrogen-bond acceptors (Lipinski definition) is 5. The minimum absolute atomic E-state index is 0.0975. The topological polar surface area (TPSA) is 93.2 Å². The number of carbonyl (C=O) groups excluding carboxylic acids is 2. The molecule has 7 heteroatoms. The van der Waals surface area contributed by atoms with E-state index in [-0.39, 0.29) is 18.2 Å². The summed E-state index contributed by atoms with van der Waals surface area (Å²) in [5.41, 5.74) is 1.62. The molecule has 31 heavy (non-hydrogen) atoms. The Labute approximate surface area is 179 Å². The molecule has 0 radical (unpaired) electrons. The van der Waals surface area contributed by atoms with Crippen molar-refractivity contribution in [2.24, 2.45) is 0 Å². The van der Waals surface area contributed by atoms with Crippen molar-refractivity contribution in [3.63, 3.8) is 0 Å². The van der Waals surface area contributed by atoms with E-state index in [1.165, 1.54) is 19.3 Å². The summed E-state index contributed by atoms with van der Waals surface area (Å²) in [5.74, 6) is 0.870. The first kappa shape index (κ1) is 20.0. The monoisotopic (exact) mass is 412 g/mol. The first-order chi connectivity index (χ1) is 15.0. The summed E-state index contributed by atoms with van der Waals surface area (Å²) in [6.07, 6.45) is 1.60.